The number of ether oxygens (including phenoxy) is 1. The number of carbonyl (C=O) groups excluding carboxylic acids is 1. The number of H-pyrrole nitrogens is 1. The molecule has 0 spiro atoms. The van der Waals surface area contributed by atoms with Crippen LogP contribution in [-0.2, 0) is 28.4 Å². The van der Waals surface area contributed by atoms with Gasteiger partial charge in [0, 0.05) is 81.0 Å². The van der Waals surface area contributed by atoms with Crippen LogP contribution >= 0.6 is 0 Å². The molecule has 2 saturated heterocycles. The van der Waals surface area contributed by atoms with Gasteiger partial charge in [-0.1, -0.05) is 6.07 Å². The first-order valence-corrected chi connectivity index (χ1v) is 19.6. The second kappa shape index (κ2) is 14.8. The number of sulfonamides is 1. The lowest BCUT2D eigenvalue weighted by molar-refractivity contribution is 0.0846. The number of aromatic amines is 1. The maximum Gasteiger partial charge on any atom is 0.329 e. The third-order valence-electron chi connectivity index (χ3n) is 10.8. The highest BCUT2D eigenvalue weighted by Crippen LogP contribution is 2.36. The number of aromatic nitrogens is 3. The van der Waals surface area contributed by atoms with E-state index in [9.17, 15) is 22.8 Å². The number of aryl methyl sites for hydroxylation is 3. The number of piperidine rings is 1. The molecule has 2 fully saturated rings. The minimum absolute atomic E-state index is 0.0656. The van der Waals surface area contributed by atoms with Crippen LogP contribution in [0.25, 0.3) is 22.2 Å². The van der Waals surface area contributed by atoms with Gasteiger partial charge in [0.15, 0.2) is 0 Å². The maximum absolute atomic E-state index is 14.0. The second-order valence-corrected chi connectivity index (χ2v) is 16.1. The first-order valence-electron chi connectivity index (χ1n) is 18.0. The molecule has 0 aliphatic carbocycles. The van der Waals surface area contributed by atoms with Crippen LogP contribution in [0.4, 0.5) is 5.69 Å². The average molecular weight is 719 g/mol. The molecule has 2 aromatic heterocycles. The van der Waals surface area contributed by atoms with Gasteiger partial charge in [0.05, 0.1) is 16.8 Å². The van der Waals surface area contributed by atoms with Crippen molar-refractivity contribution in [3.05, 3.63) is 85.2 Å². The summed E-state index contributed by atoms with van der Waals surface area (Å²) in [4.78, 5) is 45.6. The van der Waals surface area contributed by atoms with Crippen molar-refractivity contribution in [3.63, 3.8) is 0 Å². The van der Waals surface area contributed by atoms with Crippen molar-refractivity contribution in [2.75, 3.05) is 43.5 Å². The molecular weight excluding hydrogens is 669 g/mol. The standard InChI is InChI=1S/C38H50N6O6S/c1-7-43(29-13-17-50-18-14-29)34-22-28(20-31(26(34)5)36(45)39-23-32-24(3)19-25(4)40-37(32)46)27-9-10-33-35(21-27)41(6)38(47)44(33)30-11-15-42(16-12-30)51(48,49)8-2/h9-10,19-22,29-30H,7-8,11-18,23H2,1-6H3,(H,39,45)(H,40,46). The molecule has 4 aromatic rings. The number of pyridine rings is 1. The number of imidazole rings is 1. The van der Waals surface area contributed by atoms with E-state index in [1.54, 1.807) is 18.5 Å². The van der Waals surface area contributed by atoms with Crippen molar-refractivity contribution in [3.8, 4) is 11.1 Å². The van der Waals surface area contributed by atoms with Gasteiger partial charge in [-0.3, -0.25) is 18.7 Å². The third kappa shape index (κ3) is 7.16. The van der Waals surface area contributed by atoms with E-state index in [1.165, 1.54) is 4.31 Å². The van der Waals surface area contributed by atoms with Crippen molar-refractivity contribution in [1.29, 1.82) is 0 Å². The van der Waals surface area contributed by atoms with E-state index in [0.29, 0.717) is 50.3 Å². The SMILES string of the molecule is CCN(c1cc(-c2ccc3c(c2)n(C)c(=O)n3C2CCN(S(=O)(=O)CC)CC2)cc(C(=O)NCc2c(C)cc(C)[nH]c2=O)c1C)C1CCOCC1. The molecule has 0 atom stereocenters. The van der Waals surface area contributed by atoms with Gasteiger partial charge in [-0.05, 0) is 113 Å². The van der Waals surface area contributed by atoms with Gasteiger partial charge in [-0.25, -0.2) is 17.5 Å². The normalized spacial score (nSPS) is 16.5. The van der Waals surface area contributed by atoms with E-state index in [-0.39, 0.29) is 41.5 Å². The van der Waals surface area contributed by atoms with Crippen molar-refractivity contribution >= 4 is 32.7 Å². The molecule has 2 aromatic carbocycles. The lowest BCUT2D eigenvalue weighted by Gasteiger charge is -2.37. The van der Waals surface area contributed by atoms with E-state index in [0.717, 1.165) is 64.1 Å². The van der Waals surface area contributed by atoms with E-state index in [1.807, 2.05) is 55.7 Å². The number of carbonyl (C=O) groups is 1. The molecule has 4 heterocycles. The van der Waals surface area contributed by atoms with Crippen LogP contribution in [0.3, 0.4) is 0 Å². The molecule has 0 saturated carbocycles. The van der Waals surface area contributed by atoms with E-state index >= 15 is 0 Å². The number of fused-ring (bicyclic) bond motifs is 1. The highest BCUT2D eigenvalue weighted by Gasteiger charge is 2.30. The zero-order valence-electron chi connectivity index (χ0n) is 30.5. The molecule has 0 bridgehead atoms. The summed E-state index contributed by atoms with van der Waals surface area (Å²) >= 11 is 0. The first-order chi connectivity index (χ1) is 24.3. The number of benzene rings is 2. The molecule has 12 nitrogen and oxygen atoms in total. The summed E-state index contributed by atoms with van der Waals surface area (Å²) in [5, 5.41) is 3.01. The summed E-state index contributed by atoms with van der Waals surface area (Å²) in [5.74, 6) is -0.204. The van der Waals surface area contributed by atoms with Crippen LogP contribution in [0.5, 0.6) is 0 Å². The molecule has 13 heteroatoms. The molecule has 2 N–H and O–H groups in total. The Morgan fingerprint density at radius 1 is 0.961 bits per heavy atom. The molecular formula is C38H50N6O6S. The zero-order chi connectivity index (χ0) is 36.6. The van der Waals surface area contributed by atoms with Gasteiger partial charge in [-0.2, -0.15) is 0 Å². The van der Waals surface area contributed by atoms with Crippen LogP contribution in [0.15, 0.2) is 46.0 Å². The Bertz CT molecular complexity index is 2170. The predicted octanol–water partition coefficient (Wildman–Crippen LogP) is 4.54. The minimum atomic E-state index is -3.28. The van der Waals surface area contributed by atoms with Gasteiger partial charge in [0.25, 0.3) is 11.5 Å². The molecule has 0 unspecified atom stereocenters. The summed E-state index contributed by atoms with van der Waals surface area (Å²) in [6, 6.07) is 12.0. The zero-order valence-corrected chi connectivity index (χ0v) is 31.4. The fraction of sp³-hybridized carbons (Fsp3) is 0.500. The Hall–Kier alpha value is -4.20. The molecule has 1 amide bonds. The van der Waals surface area contributed by atoms with Gasteiger partial charge >= 0.3 is 5.69 Å². The number of anilines is 1. The van der Waals surface area contributed by atoms with Crippen LogP contribution in [0, 0.1) is 20.8 Å². The number of nitrogens with one attached hydrogen (secondary N) is 2. The quantitative estimate of drug-likeness (QED) is 0.246. The predicted molar refractivity (Wildman–Crippen MR) is 201 cm³/mol. The first kappa shape index (κ1) is 36.6. The number of nitrogens with zero attached hydrogens (tertiary/aromatic N) is 4. The van der Waals surface area contributed by atoms with Crippen LogP contribution in [0.1, 0.15) is 78.3 Å². The third-order valence-corrected chi connectivity index (χ3v) is 12.7. The van der Waals surface area contributed by atoms with Crippen LogP contribution in [0.2, 0.25) is 0 Å². The Morgan fingerprint density at radius 2 is 1.67 bits per heavy atom. The Morgan fingerprint density at radius 3 is 2.31 bits per heavy atom. The Kier molecular flexibility index (Phi) is 10.6. The summed E-state index contributed by atoms with van der Waals surface area (Å²) in [6.45, 7) is 12.5. The maximum atomic E-state index is 14.0. The van der Waals surface area contributed by atoms with Gasteiger partial charge in [0.1, 0.15) is 0 Å². The number of hydrogen-bond donors (Lipinski definition) is 2. The summed E-state index contributed by atoms with van der Waals surface area (Å²) in [6.07, 6.45) is 2.90. The Labute approximate surface area is 299 Å². The highest BCUT2D eigenvalue weighted by atomic mass is 32.2. The lowest BCUT2D eigenvalue weighted by Crippen LogP contribution is -2.41. The van der Waals surface area contributed by atoms with Gasteiger partial charge in [0.2, 0.25) is 10.0 Å². The van der Waals surface area contributed by atoms with E-state index in [2.05, 4.69) is 28.2 Å². The van der Waals surface area contributed by atoms with E-state index < -0.39 is 10.0 Å². The fourth-order valence-electron chi connectivity index (χ4n) is 7.84. The summed E-state index contributed by atoms with van der Waals surface area (Å²) in [5.41, 5.74) is 7.38. The van der Waals surface area contributed by atoms with Crippen LogP contribution in [-0.4, -0.2) is 77.4 Å². The van der Waals surface area contributed by atoms with Crippen molar-refractivity contribution < 1.29 is 17.9 Å². The summed E-state index contributed by atoms with van der Waals surface area (Å²) < 4.78 is 35.6. The topological polar surface area (TPSA) is 139 Å². The second-order valence-electron chi connectivity index (χ2n) is 13.9. The molecule has 274 valence electrons. The fourth-order valence-corrected chi connectivity index (χ4v) is 8.98. The summed E-state index contributed by atoms with van der Waals surface area (Å²) in [7, 11) is -1.52. The molecule has 6 rings (SSSR count). The van der Waals surface area contributed by atoms with Crippen molar-refractivity contribution in [2.45, 2.75) is 78.9 Å². The minimum Gasteiger partial charge on any atom is -0.381 e. The molecule has 0 radical (unpaired) electrons. The number of rotatable bonds is 10. The average Bonchev–Trinajstić information content (AvgIpc) is 3.37. The lowest BCUT2D eigenvalue weighted by atomic mass is 9.95. The van der Waals surface area contributed by atoms with Crippen molar-refractivity contribution in [2.24, 2.45) is 7.05 Å². The number of amides is 1. The van der Waals surface area contributed by atoms with Gasteiger partial charge < -0.3 is 19.9 Å². The molecule has 2 aliphatic heterocycles. The molecule has 51 heavy (non-hydrogen) atoms. The van der Waals surface area contributed by atoms with E-state index in [4.69, 9.17) is 4.74 Å². The Balaban J connectivity index is 1.39. The monoisotopic (exact) mass is 718 g/mol. The van der Waals surface area contributed by atoms with Crippen LogP contribution < -0.4 is 21.5 Å². The largest absolute Gasteiger partial charge is 0.381 e. The smallest absolute Gasteiger partial charge is 0.329 e. The van der Waals surface area contributed by atoms with Crippen molar-refractivity contribution in [1.82, 2.24) is 23.7 Å². The highest BCUT2D eigenvalue weighted by molar-refractivity contribution is 7.89. The van der Waals surface area contributed by atoms with Gasteiger partial charge in [-0.15, -0.1) is 0 Å². The number of hydrogen-bond acceptors (Lipinski definition) is 7. The molecule has 2 aliphatic rings.